The molecule has 1 heterocycles. The maximum atomic E-state index is 12.8. The minimum atomic E-state index is -0.911. The van der Waals surface area contributed by atoms with Crippen LogP contribution in [0, 0.1) is 5.92 Å². The van der Waals surface area contributed by atoms with Gasteiger partial charge in [-0.05, 0) is 40.4 Å². The van der Waals surface area contributed by atoms with E-state index in [1.165, 1.54) is 23.5 Å². The van der Waals surface area contributed by atoms with Crippen LogP contribution >= 0.6 is 23.5 Å². The van der Waals surface area contributed by atoms with Gasteiger partial charge >= 0.3 is 11.9 Å². The Bertz CT molecular complexity index is 536. The van der Waals surface area contributed by atoms with Gasteiger partial charge in [0.1, 0.15) is 11.9 Å². The minimum absolute atomic E-state index is 0.152. The number of hydrogen-bond donors (Lipinski definition) is 0. The van der Waals surface area contributed by atoms with E-state index < -0.39 is 21.6 Å². The van der Waals surface area contributed by atoms with Gasteiger partial charge in [0.2, 0.25) is 0 Å². The SMILES string of the molecule is CCS[C@]1(C(=O)OC(C)C)SCC(C(=O)OC(C)(C)C)=C[C@H]1CC=O. The summed E-state index contributed by atoms with van der Waals surface area (Å²) >= 11 is 2.81. The lowest BCUT2D eigenvalue weighted by molar-refractivity contribution is -0.151. The number of carbonyl (C=O) groups excluding carboxylic acids is 3. The average Bonchev–Trinajstić information content (AvgIpc) is 2.46. The first kappa shape index (κ1) is 22.1. The number of hydrogen-bond acceptors (Lipinski definition) is 7. The number of thioether (sulfide) groups is 2. The fourth-order valence-corrected chi connectivity index (χ4v) is 5.38. The standard InChI is InChI=1S/C18H28O5S2/c1-7-24-18(16(21)22-12(2)3)14(8-9-19)10-13(11-25-18)15(20)23-17(4,5)6/h9-10,12,14H,7-8,11H2,1-6H3/t14-,18+/m1/s1. The Morgan fingerprint density at radius 2 is 2.08 bits per heavy atom. The maximum Gasteiger partial charge on any atom is 0.335 e. The molecule has 0 radical (unpaired) electrons. The minimum Gasteiger partial charge on any atom is -0.461 e. The Kier molecular flexibility index (Phi) is 8.06. The van der Waals surface area contributed by atoms with E-state index in [0.29, 0.717) is 17.1 Å². The van der Waals surface area contributed by atoms with Crippen LogP contribution < -0.4 is 0 Å². The van der Waals surface area contributed by atoms with Crippen molar-refractivity contribution in [1.29, 1.82) is 0 Å². The van der Waals surface area contributed by atoms with Gasteiger partial charge in [0.15, 0.2) is 4.08 Å². The summed E-state index contributed by atoms with van der Waals surface area (Å²) in [5.41, 5.74) is -0.0945. The second-order valence-electron chi connectivity index (χ2n) is 7.05. The van der Waals surface area contributed by atoms with Crippen molar-refractivity contribution in [3.05, 3.63) is 11.6 Å². The molecule has 0 aromatic carbocycles. The number of rotatable bonds is 7. The van der Waals surface area contributed by atoms with Crippen molar-refractivity contribution in [3.63, 3.8) is 0 Å². The van der Waals surface area contributed by atoms with Gasteiger partial charge in [0, 0.05) is 23.7 Å². The molecule has 1 rings (SSSR count). The van der Waals surface area contributed by atoms with Crippen LogP contribution in [0.25, 0.3) is 0 Å². The normalized spacial score (nSPS) is 23.8. The van der Waals surface area contributed by atoms with Gasteiger partial charge in [-0.25, -0.2) is 9.59 Å². The van der Waals surface area contributed by atoms with E-state index in [1.54, 1.807) is 19.9 Å². The van der Waals surface area contributed by atoms with Crippen LogP contribution in [0.1, 0.15) is 48.0 Å². The lowest BCUT2D eigenvalue weighted by Crippen LogP contribution is -2.45. The molecule has 0 fully saturated rings. The van der Waals surface area contributed by atoms with E-state index >= 15 is 0 Å². The van der Waals surface area contributed by atoms with Gasteiger partial charge in [0.05, 0.1) is 6.10 Å². The number of esters is 2. The summed E-state index contributed by atoms with van der Waals surface area (Å²) in [4.78, 5) is 36.3. The smallest absolute Gasteiger partial charge is 0.335 e. The van der Waals surface area contributed by atoms with Gasteiger partial charge in [0.25, 0.3) is 0 Å². The molecule has 2 atom stereocenters. The molecule has 7 heteroatoms. The Morgan fingerprint density at radius 3 is 2.56 bits per heavy atom. The molecule has 0 spiro atoms. The average molecular weight is 389 g/mol. The zero-order chi connectivity index (χ0) is 19.3. The fraction of sp³-hybridized carbons (Fsp3) is 0.722. The van der Waals surface area contributed by atoms with Crippen LogP contribution in [0.4, 0.5) is 0 Å². The first-order chi connectivity index (χ1) is 11.6. The van der Waals surface area contributed by atoms with Crippen molar-refractivity contribution in [2.24, 2.45) is 5.92 Å². The summed E-state index contributed by atoms with van der Waals surface area (Å²) in [6.45, 7) is 11.0. The topological polar surface area (TPSA) is 69.7 Å². The first-order valence-corrected chi connectivity index (χ1v) is 10.4. The van der Waals surface area contributed by atoms with Gasteiger partial charge in [-0.2, -0.15) is 0 Å². The van der Waals surface area contributed by atoms with Gasteiger partial charge in [-0.15, -0.1) is 23.5 Å². The molecule has 142 valence electrons. The molecule has 0 aromatic heterocycles. The van der Waals surface area contributed by atoms with Gasteiger partial charge in [-0.3, -0.25) is 0 Å². The molecule has 0 aliphatic carbocycles. The molecule has 0 unspecified atom stereocenters. The van der Waals surface area contributed by atoms with Crippen LogP contribution in [0.2, 0.25) is 0 Å². The van der Waals surface area contributed by atoms with E-state index in [9.17, 15) is 14.4 Å². The predicted molar refractivity (Wildman–Crippen MR) is 103 cm³/mol. The predicted octanol–water partition coefficient (Wildman–Crippen LogP) is 3.61. The van der Waals surface area contributed by atoms with E-state index in [0.717, 1.165) is 6.29 Å². The zero-order valence-electron chi connectivity index (χ0n) is 15.8. The van der Waals surface area contributed by atoms with E-state index in [-0.39, 0.29) is 18.5 Å². The van der Waals surface area contributed by atoms with Crippen LogP contribution in [0.15, 0.2) is 11.6 Å². The van der Waals surface area contributed by atoms with Gasteiger partial charge in [-0.1, -0.05) is 13.0 Å². The lowest BCUT2D eigenvalue weighted by atomic mass is 9.97. The van der Waals surface area contributed by atoms with Crippen LogP contribution in [0.5, 0.6) is 0 Å². The van der Waals surface area contributed by atoms with Crippen molar-refractivity contribution < 1.29 is 23.9 Å². The number of allylic oxidation sites excluding steroid dienone is 1. The first-order valence-electron chi connectivity index (χ1n) is 8.42. The Balaban J connectivity index is 3.18. The maximum absolute atomic E-state index is 12.8. The van der Waals surface area contributed by atoms with Crippen LogP contribution in [0.3, 0.4) is 0 Å². The quantitative estimate of drug-likeness (QED) is 0.487. The molecule has 25 heavy (non-hydrogen) atoms. The summed E-state index contributed by atoms with van der Waals surface area (Å²) < 4.78 is 9.97. The van der Waals surface area contributed by atoms with Crippen molar-refractivity contribution in [1.82, 2.24) is 0 Å². The summed E-state index contributed by atoms with van der Waals surface area (Å²) in [5.74, 6) is -0.105. The van der Waals surface area contributed by atoms with E-state index in [4.69, 9.17) is 9.47 Å². The van der Waals surface area contributed by atoms with Crippen molar-refractivity contribution in [2.75, 3.05) is 11.5 Å². The largest absolute Gasteiger partial charge is 0.461 e. The summed E-state index contributed by atoms with van der Waals surface area (Å²) in [7, 11) is 0. The highest BCUT2D eigenvalue weighted by atomic mass is 32.2. The van der Waals surface area contributed by atoms with Crippen molar-refractivity contribution in [3.8, 4) is 0 Å². The highest BCUT2D eigenvalue weighted by Gasteiger charge is 2.50. The lowest BCUT2D eigenvalue weighted by Gasteiger charge is -2.39. The molecule has 0 amide bonds. The summed E-state index contributed by atoms with van der Waals surface area (Å²) in [6, 6.07) is 0. The third-order valence-corrected chi connectivity index (χ3v) is 6.58. The van der Waals surface area contributed by atoms with E-state index in [1.807, 2.05) is 27.7 Å². The zero-order valence-corrected chi connectivity index (χ0v) is 17.4. The molecule has 0 N–H and O–H groups in total. The molecule has 0 saturated heterocycles. The Morgan fingerprint density at radius 1 is 1.44 bits per heavy atom. The van der Waals surface area contributed by atoms with Gasteiger partial charge < -0.3 is 14.3 Å². The summed E-state index contributed by atoms with van der Waals surface area (Å²) in [5, 5.41) is 0. The molecule has 1 aliphatic rings. The number of carbonyl (C=O) groups is 3. The molecular weight excluding hydrogens is 360 g/mol. The molecule has 1 aliphatic heterocycles. The van der Waals surface area contributed by atoms with Crippen molar-refractivity contribution in [2.45, 2.75) is 63.7 Å². The molecule has 0 saturated carbocycles. The monoisotopic (exact) mass is 388 g/mol. The van der Waals surface area contributed by atoms with Crippen LogP contribution in [-0.4, -0.2) is 45.5 Å². The highest BCUT2D eigenvalue weighted by Crippen LogP contribution is 2.50. The van der Waals surface area contributed by atoms with Crippen LogP contribution in [-0.2, 0) is 23.9 Å². The second kappa shape index (κ2) is 9.12. The Labute approximate surface area is 158 Å². The summed E-state index contributed by atoms with van der Waals surface area (Å²) in [6.07, 6.45) is 2.42. The molecular formula is C18H28O5S2. The molecule has 5 nitrogen and oxygen atoms in total. The number of aldehydes is 1. The van der Waals surface area contributed by atoms with Crippen molar-refractivity contribution >= 4 is 41.7 Å². The second-order valence-corrected chi connectivity index (χ2v) is 10.0. The highest BCUT2D eigenvalue weighted by molar-refractivity contribution is 8.19. The molecule has 0 bridgehead atoms. The third-order valence-electron chi connectivity index (χ3n) is 3.33. The Hall–Kier alpha value is -0.950. The molecule has 0 aromatic rings. The third kappa shape index (κ3) is 6.06. The fourth-order valence-electron chi connectivity index (χ4n) is 2.42. The van der Waals surface area contributed by atoms with E-state index in [2.05, 4.69) is 0 Å². The number of ether oxygens (including phenoxy) is 2.